The van der Waals surface area contributed by atoms with Crippen LogP contribution in [0.1, 0.15) is 40.1 Å². The number of nitrogens with zero attached hydrogens (tertiary/aromatic N) is 1. The quantitative estimate of drug-likeness (QED) is 0.847. The van der Waals surface area contributed by atoms with Crippen molar-refractivity contribution in [3.8, 4) is 0 Å². The molecule has 1 aliphatic heterocycles. The van der Waals surface area contributed by atoms with E-state index in [1.807, 2.05) is 49.1 Å². The standard InChI is InChI=1S/C21H24N2O4/c1-14-12-23(13-15(2)27-14)20(24)17-6-8-19(9-7-17)22-11-16-4-3-5-18(10-16)21(25)26/h3-10,14-15,22H,11-13H2,1-2H3,(H,25,26). The van der Waals surface area contributed by atoms with Crippen molar-refractivity contribution in [2.75, 3.05) is 18.4 Å². The molecule has 2 aromatic rings. The van der Waals surface area contributed by atoms with E-state index >= 15 is 0 Å². The van der Waals surface area contributed by atoms with Crippen molar-refractivity contribution in [2.24, 2.45) is 0 Å². The van der Waals surface area contributed by atoms with Crippen molar-refractivity contribution in [3.63, 3.8) is 0 Å². The van der Waals surface area contributed by atoms with Crippen LogP contribution in [0.3, 0.4) is 0 Å². The van der Waals surface area contributed by atoms with Crippen molar-refractivity contribution in [2.45, 2.75) is 32.6 Å². The van der Waals surface area contributed by atoms with Gasteiger partial charge in [-0.2, -0.15) is 0 Å². The van der Waals surface area contributed by atoms with Gasteiger partial charge in [-0.15, -0.1) is 0 Å². The Morgan fingerprint density at radius 1 is 1.07 bits per heavy atom. The van der Waals surface area contributed by atoms with E-state index in [2.05, 4.69) is 5.32 Å². The minimum absolute atomic E-state index is 0.0118. The molecule has 6 nitrogen and oxygen atoms in total. The fourth-order valence-corrected chi connectivity index (χ4v) is 3.28. The van der Waals surface area contributed by atoms with Crippen LogP contribution in [0.25, 0.3) is 0 Å². The minimum atomic E-state index is -0.938. The van der Waals surface area contributed by atoms with Crippen LogP contribution in [0.5, 0.6) is 0 Å². The number of aromatic carboxylic acids is 1. The largest absolute Gasteiger partial charge is 0.478 e. The van der Waals surface area contributed by atoms with Gasteiger partial charge in [0, 0.05) is 30.9 Å². The minimum Gasteiger partial charge on any atom is -0.478 e. The van der Waals surface area contributed by atoms with Crippen molar-refractivity contribution < 1.29 is 19.4 Å². The number of nitrogens with one attached hydrogen (secondary N) is 1. The summed E-state index contributed by atoms with van der Waals surface area (Å²) in [6.07, 6.45) is 0.0837. The summed E-state index contributed by atoms with van der Waals surface area (Å²) >= 11 is 0. The Balaban J connectivity index is 1.61. The van der Waals surface area contributed by atoms with Gasteiger partial charge in [-0.3, -0.25) is 4.79 Å². The molecule has 0 aliphatic carbocycles. The number of rotatable bonds is 5. The summed E-state index contributed by atoms with van der Waals surface area (Å²) in [7, 11) is 0. The highest BCUT2D eigenvalue weighted by Gasteiger charge is 2.26. The lowest BCUT2D eigenvalue weighted by molar-refractivity contribution is -0.0586. The molecule has 27 heavy (non-hydrogen) atoms. The molecule has 1 saturated heterocycles. The number of ether oxygens (including phenoxy) is 1. The van der Waals surface area contributed by atoms with Crippen LogP contribution < -0.4 is 5.32 Å². The molecule has 1 fully saturated rings. The fourth-order valence-electron chi connectivity index (χ4n) is 3.28. The predicted octanol–water partition coefficient (Wildman–Crippen LogP) is 3.25. The van der Waals surface area contributed by atoms with E-state index in [9.17, 15) is 9.59 Å². The first-order valence-corrected chi connectivity index (χ1v) is 9.03. The zero-order chi connectivity index (χ0) is 19.4. The van der Waals surface area contributed by atoms with Crippen LogP contribution in [-0.2, 0) is 11.3 Å². The van der Waals surface area contributed by atoms with E-state index in [0.717, 1.165) is 11.3 Å². The molecule has 2 atom stereocenters. The average Bonchev–Trinajstić information content (AvgIpc) is 2.65. The van der Waals surface area contributed by atoms with Gasteiger partial charge in [0.05, 0.1) is 17.8 Å². The van der Waals surface area contributed by atoms with Crippen molar-refractivity contribution in [3.05, 3.63) is 65.2 Å². The number of morpholine rings is 1. The van der Waals surface area contributed by atoms with Gasteiger partial charge in [-0.25, -0.2) is 4.79 Å². The Hall–Kier alpha value is -2.86. The summed E-state index contributed by atoms with van der Waals surface area (Å²) < 4.78 is 5.68. The third-order valence-corrected chi connectivity index (χ3v) is 4.51. The molecular formula is C21H24N2O4. The SMILES string of the molecule is CC1CN(C(=O)c2ccc(NCc3cccc(C(=O)O)c3)cc2)CC(C)O1. The monoisotopic (exact) mass is 368 g/mol. The first-order chi connectivity index (χ1) is 12.9. The molecule has 0 aromatic heterocycles. The van der Waals surface area contributed by atoms with Gasteiger partial charge in [0.1, 0.15) is 0 Å². The van der Waals surface area contributed by atoms with Crippen LogP contribution in [-0.4, -0.2) is 47.2 Å². The first kappa shape index (κ1) is 18.9. The second-order valence-corrected chi connectivity index (χ2v) is 6.90. The Morgan fingerprint density at radius 2 is 1.74 bits per heavy atom. The first-order valence-electron chi connectivity index (χ1n) is 9.03. The zero-order valence-corrected chi connectivity index (χ0v) is 15.5. The molecule has 3 rings (SSSR count). The van der Waals surface area contributed by atoms with E-state index in [1.165, 1.54) is 0 Å². The van der Waals surface area contributed by atoms with Crippen LogP contribution in [0.15, 0.2) is 48.5 Å². The topological polar surface area (TPSA) is 78.9 Å². The number of carbonyl (C=O) groups excluding carboxylic acids is 1. The van der Waals surface area contributed by atoms with Gasteiger partial charge in [-0.05, 0) is 55.8 Å². The molecule has 0 radical (unpaired) electrons. The van der Waals surface area contributed by atoms with Crippen LogP contribution >= 0.6 is 0 Å². The fraction of sp³-hybridized carbons (Fsp3) is 0.333. The second-order valence-electron chi connectivity index (χ2n) is 6.90. The van der Waals surface area contributed by atoms with Crippen LogP contribution in [0, 0.1) is 0 Å². The molecule has 2 unspecified atom stereocenters. The highest BCUT2D eigenvalue weighted by Crippen LogP contribution is 2.17. The molecule has 1 heterocycles. The summed E-state index contributed by atoms with van der Waals surface area (Å²) in [6, 6.07) is 14.2. The van der Waals surface area contributed by atoms with Gasteiger partial charge in [0.2, 0.25) is 0 Å². The lowest BCUT2D eigenvalue weighted by atomic mass is 10.1. The lowest BCUT2D eigenvalue weighted by Crippen LogP contribution is -2.48. The summed E-state index contributed by atoms with van der Waals surface area (Å²) in [6.45, 7) is 5.66. The maximum absolute atomic E-state index is 12.7. The highest BCUT2D eigenvalue weighted by atomic mass is 16.5. The van der Waals surface area contributed by atoms with E-state index in [-0.39, 0.29) is 23.7 Å². The summed E-state index contributed by atoms with van der Waals surface area (Å²) in [5.74, 6) is -0.927. The highest BCUT2D eigenvalue weighted by molar-refractivity contribution is 5.94. The molecule has 2 N–H and O–H groups in total. The number of carboxylic acids is 1. The summed E-state index contributed by atoms with van der Waals surface area (Å²) in [5, 5.41) is 12.3. The van der Waals surface area contributed by atoms with Gasteiger partial charge in [0.15, 0.2) is 0 Å². The smallest absolute Gasteiger partial charge is 0.335 e. The molecule has 1 amide bonds. The van der Waals surface area contributed by atoms with Crippen LogP contribution in [0.2, 0.25) is 0 Å². The number of benzene rings is 2. The maximum Gasteiger partial charge on any atom is 0.335 e. The Kier molecular flexibility index (Phi) is 5.76. The number of carboxylic acid groups (broad SMARTS) is 1. The van der Waals surface area contributed by atoms with Crippen molar-refractivity contribution in [1.29, 1.82) is 0 Å². The summed E-state index contributed by atoms with van der Waals surface area (Å²) in [5.41, 5.74) is 2.67. The number of anilines is 1. The zero-order valence-electron chi connectivity index (χ0n) is 15.5. The number of hydrogen-bond donors (Lipinski definition) is 2. The second kappa shape index (κ2) is 8.22. The molecule has 0 spiro atoms. The van der Waals surface area contributed by atoms with E-state index in [4.69, 9.17) is 9.84 Å². The van der Waals surface area contributed by atoms with Gasteiger partial charge in [-0.1, -0.05) is 12.1 Å². The van der Waals surface area contributed by atoms with E-state index < -0.39 is 5.97 Å². The van der Waals surface area contributed by atoms with Crippen LogP contribution in [0.4, 0.5) is 5.69 Å². The molecular weight excluding hydrogens is 344 g/mol. The molecule has 0 bridgehead atoms. The average molecular weight is 368 g/mol. The number of amides is 1. The lowest BCUT2D eigenvalue weighted by Gasteiger charge is -2.35. The Morgan fingerprint density at radius 3 is 2.37 bits per heavy atom. The number of carbonyl (C=O) groups is 2. The number of hydrogen-bond acceptors (Lipinski definition) is 4. The molecule has 1 aliphatic rings. The Labute approximate surface area is 158 Å². The third-order valence-electron chi connectivity index (χ3n) is 4.51. The Bertz CT molecular complexity index is 809. The van der Waals surface area contributed by atoms with Gasteiger partial charge >= 0.3 is 5.97 Å². The molecule has 6 heteroatoms. The summed E-state index contributed by atoms with van der Waals surface area (Å²) in [4.78, 5) is 25.5. The molecule has 0 saturated carbocycles. The van der Waals surface area contributed by atoms with Gasteiger partial charge in [0.25, 0.3) is 5.91 Å². The maximum atomic E-state index is 12.7. The van der Waals surface area contributed by atoms with Crippen molar-refractivity contribution >= 4 is 17.6 Å². The van der Waals surface area contributed by atoms with Gasteiger partial charge < -0.3 is 20.1 Å². The molecule has 142 valence electrons. The normalized spacial score (nSPS) is 19.6. The van der Waals surface area contributed by atoms with E-state index in [1.54, 1.807) is 18.2 Å². The van der Waals surface area contributed by atoms with Crippen molar-refractivity contribution in [1.82, 2.24) is 4.90 Å². The third kappa shape index (κ3) is 4.86. The van der Waals surface area contributed by atoms with E-state index in [0.29, 0.717) is 25.2 Å². The predicted molar refractivity (Wildman–Crippen MR) is 103 cm³/mol. The molecule has 2 aromatic carbocycles.